The van der Waals surface area contributed by atoms with E-state index in [2.05, 4.69) is 55.4 Å². The van der Waals surface area contributed by atoms with Gasteiger partial charge in [0, 0.05) is 5.41 Å². The van der Waals surface area contributed by atoms with Gasteiger partial charge in [0.05, 0.1) is 0 Å². The van der Waals surface area contributed by atoms with Crippen LogP contribution in [0.25, 0.3) is 0 Å². The van der Waals surface area contributed by atoms with Crippen molar-refractivity contribution in [1.29, 1.82) is 0 Å². The number of fused-ring (bicyclic) bond motifs is 7. The lowest BCUT2D eigenvalue weighted by atomic mass is 9.33. The second-order valence-electron chi connectivity index (χ2n) is 14.7. The number of carbonyl (C=O) groups excluding carboxylic acids is 1. The summed E-state index contributed by atoms with van der Waals surface area (Å²) in [5.41, 5.74) is 0.629. The number of aliphatic hydroxyl groups excluding tert-OH is 1. The molecule has 0 aromatic heterocycles. The topological polar surface area (TPSA) is 37.3 Å². The van der Waals surface area contributed by atoms with Gasteiger partial charge < -0.3 is 5.11 Å². The Balaban J connectivity index is 1.58. The first-order valence-electron chi connectivity index (χ1n) is 13.7. The highest BCUT2D eigenvalue weighted by Gasteiger charge is 2.70. The first-order valence-corrected chi connectivity index (χ1v) is 13.7. The van der Waals surface area contributed by atoms with E-state index in [0.717, 1.165) is 30.1 Å². The van der Waals surface area contributed by atoms with E-state index in [1.807, 2.05) is 6.08 Å². The average molecular weight is 441 g/mol. The Morgan fingerprint density at radius 2 is 1.53 bits per heavy atom. The van der Waals surface area contributed by atoms with Crippen LogP contribution >= 0.6 is 0 Å². The van der Waals surface area contributed by atoms with E-state index < -0.39 is 5.41 Å². The van der Waals surface area contributed by atoms with Crippen LogP contribution < -0.4 is 0 Å². The summed E-state index contributed by atoms with van der Waals surface area (Å²) in [4.78, 5) is 12.9. The third kappa shape index (κ3) is 2.56. The van der Waals surface area contributed by atoms with Crippen LogP contribution in [0, 0.1) is 62.6 Å². The van der Waals surface area contributed by atoms with Crippen molar-refractivity contribution in [3.05, 3.63) is 11.8 Å². The van der Waals surface area contributed by atoms with Gasteiger partial charge in [-0.25, -0.2) is 0 Å². The average Bonchev–Trinajstić information content (AvgIpc) is 3.05. The van der Waals surface area contributed by atoms with E-state index in [9.17, 15) is 9.90 Å². The lowest BCUT2D eigenvalue weighted by Gasteiger charge is -2.71. The maximum Gasteiger partial charge on any atom is 0.202 e. The molecule has 32 heavy (non-hydrogen) atoms. The molecule has 0 aromatic carbocycles. The summed E-state index contributed by atoms with van der Waals surface area (Å²) >= 11 is 0. The van der Waals surface area contributed by atoms with Crippen LogP contribution in [-0.2, 0) is 4.79 Å². The van der Waals surface area contributed by atoms with Crippen LogP contribution in [0.15, 0.2) is 11.8 Å². The van der Waals surface area contributed by atoms with Crippen molar-refractivity contribution < 1.29 is 9.90 Å². The molecule has 0 aliphatic heterocycles. The monoisotopic (exact) mass is 440 g/mol. The Bertz CT molecular complexity index is 853. The quantitative estimate of drug-likeness (QED) is 0.449. The van der Waals surface area contributed by atoms with E-state index in [4.69, 9.17) is 0 Å². The second-order valence-corrected chi connectivity index (χ2v) is 14.7. The zero-order chi connectivity index (χ0) is 23.5. The number of aliphatic hydroxyl groups is 1. The predicted molar refractivity (Wildman–Crippen MR) is 131 cm³/mol. The molecule has 4 saturated carbocycles. The number of hydrogen-bond acceptors (Lipinski definition) is 2. The lowest BCUT2D eigenvalue weighted by molar-refractivity contribution is -0.220. The van der Waals surface area contributed by atoms with Gasteiger partial charge in [-0.2, -0.15) is 0 Å². The zero-order valence-electron chi connectivity index (χ0n) is 22.1. The van der Waals surface area contributed by atoms with Crippen molar-refractivity contribution in [1.82, 2.24) is 0 Å². The van der Waals surface area contributed by atoms with Gasteiger partial charge in [-0.05, 0) is 115 Å². The summed E-state index contributed by atoms with van der Waals surface area (Å²) in [5, 5.41) is 10.8. The number of ketones is 1. The Morgan fingerprint density at radius 3 is 2.19 bits per heavy atom. The van der Waals surface area contributed by atoms with Gasteiger partial charge in [0.2, 0.25) is 5.78 Å². The van der Waals surface area contributed by atoms with E-state index in [1.165, 1.54) is 44.9 Å². The molecular weight excluding hydrogens is 392 g/mol. The Labute approximate surface area is 197 Å². The van der Waals surface area contributed by atoms with Crippen LogP contribution in [0.1, 0.15) is 107 Å². The largest absolute Gasteiger partial charge is 0.505 e. The highest BCUT2D eigenvalue weighted by atomic mass is 16.3. The van der Waals surface area contributed by atoms with E-state index in [-0.39, 0.29) is 22.4 Å². The van der Waals surface area contributed by atoms with E-state index in [1.54, 1.807) is 0 Å². The molecule has 1 N–H and O–H groups in total. The molecule has 9 atom stereocenters. The molecule has 0 heterocycles. The number of allylic oxidation sites excluding steroid dienone is 2. The van der Waals surface area contributed by atoms with Crippen LogP contribution in [0.4, 0.5) is 0 Å². The normalized spacial score (nSPS) is 54.3. The Hall–Kier alpha value is -0.790. The van der Waals surface area contributed by atoms with Crippen molar-refractivity contribution in [3.63, 3.8) is 0 Å². The third-order valence-electron chi connectivity index (χ3n) is 13.1. The van der Waals surface area contributed by atoms with Gasteiger partial charge in [-0.15, -0.1) is 0 Å². The Morgan fingerprint density at radius 1 is 0.844 bits per heavy atom. The minimum Gasteiger partial charge on any atom is -0.505 e. The molecule has 0 saturated heterocycles. The molecule has 5 aliphatic carbocycles. The molecule has 5 rings (SSSR count). The van der Waals surface area contributed by atoms with Crippen molar-refractivity contribution in [3.8, 4) is 0 Å². The Kier molecular flexibility index (Phi) is 4.78. The summed E-state index contributed by atoms with van der Waals surface area (Å²) in [6.07, 6.45) is 12.6. The maximum atomic E-state index is 12.9. The van der Waals surface area contributed by atoms with Crippen LogP contribution in [0.3, 0.4) is 0 Å². The van der Waals surface area contributed by atoms with Crippen molar-refractivity contribution >= 4 is 5.78 Å². The van der Waals surface area contributed by atoms with Crippen molar-refractivity contribution in [2.45, 2.75) is 107 Å². The molecule has 0 amide bonds. The molecule has 2 heteroatoms. The summed E-state index contributed by atoms with van der Waals surface area (Å²) < 4.78 is 0. The van der Waals surface area contributed by atoms with Crippen molar-refractivity contribution in [2.75, 3.05) is 0 Å². The molecule has 0 radical (unpaired) electrons. The molecule has 2 nitrogen and oxygen atoms in total. The van der Waals surface area contributed by atoms with Gasteiger partial charge >= 0.3 is 0 Å². The first kappa shape index (κ1) is 23.0. The fraction of sp³-hybridized carbons (Fsp3) is 0.900. The summed E-state index contributed by atoms with van der Waals surface area (Å²) in [6.45, 7) is 19.4. The lowest BCUT2D eigenvalue weighted by Crippen LogP contribution is -2.65. The molecule has 0 spiro atoms. The molecule has 4 fully saturated rings. The fourth-order valence-corrected chi connectivity index (χ4v) is 11.2. The minimum atomic E-state index is -0.466. The number of carbonyl (C=O) groups is 1. The van der Waals surface area contributed by atoms with Gasteiger partial charge in [0.25, 0.3) is 0 Å². The number of hydrogen-bond donors (Lipinski definition) is 1. The van der Waals surface area contributed by atoms with E-state index in [0.29, 0.717) is 22.7 Å². The van der Waals surface area contributed by atoms with Crippen LogP contribution in [0.5, 0.6) is 0 Å². The standard InChI is InChI=1S/C30H48O2/c1-18(2)19-11-13-27(5)15-16-29(7)20(24(19)27)9-10-23-28(6)17-21(31)25(32)26(3,4)22(28)12-14-30(23,29)8/h17-20,22-24,31H,9-16H2,1-8H3/t19-,20+,22-,23+,24+,27+,28-,29+,30+/m0/s1. The molecule has 0 bridgehead atoms. The molecule has 0 aromatic rings. The molecular formula is C30H48O2. The number of rotatable bonds is 1. The summed E-state index contributed by atoms with van der Waals surface area (Å²) in [5.74, 6) is 4.25. The molecule has 5 aliphatic rings. The summed E-state index contributed by atoms with van der Waals surface area (Å²) in [6, 6.07) is 0. The van der Waals surface area contributed by atoms with Gasteiger partial charge in [-0.1, -0.05) is 55.4 Å². The maximum absolute atomic E-state index is 12.9. The minimum absolute atomic E-state index is 0.0390. The highest BCUT2D eigenvalue weighted by molar-refractivity contribution is 5.98. The predicted octanol–water partition coefficient (Wildman–Crippen LogP) is 7.97. The fourth-order valence-electron chi connectivity index (χ4n) is 11.2. The first-order chi connectivity index (χ1) is 14.7. The van der Waals surface area contributed by atoms with Crippen LogP contribution in [0.2, 0.25) is 0 Å². The third-order valence-corrected chi connectivity index (χ3v) is 13.1. The van der Waals surface area contributed by atoms with Crippen LogP contribution in [-0.4, -0.2) is 10.9 Å². The van der Waals surface area contributed by atoms with Gasteiger partial charge in [0.1, 0.15) is 0 Å². The van der Waals surface area contributed by atoms with Crippen molar-refractivity contribution in [2.24, 2.45) is 62.6 Å². The second kappa shape index (κ2) is 6.66. The smallest absolute Gasteiger partial charge is 0.202 e. The SMILES string of the molecule is CC(C)[C@@H]1CC[C@]2(C)CC[C@]3(C)[C@H](CC[C@@H]4[C@@]5(C)C=C(O)C(=O)C(C)(C)[C@@H]5CC[C@]43C)[C@@H]12. The molecule has 180 valence electrons. The van der Waals surface area contributed by atoms with E-state index >= 15 is 0 Å². The number of Topliss-reactive ketones (excluding diaryl/α,β-unsaturated/α-hetero) is 1. The van der Waals surface area contributed by atoms with Gasteiger partial charge in [0.15, 0.2) is 5.76 Å². The zero-order valence-corrected chi connectivity index (χ0v) is 22.1. The van der Waals surface area contributed by atoms with Gasteiger partial charge in [-0.3, -0.25) is 4.79 Å². The highest BCUT2D eigenvalue weighted by Crippen LogP contribution is 2.76. The summed E-state index contributed by atoms with van der Waals surface area (Å²) in [7, 11) is 0. The molecule has 0 unspecified atom stereocenters.